The number of benzene rings is 1. The fraction of sp³-hybridized carbons (Fsp3) is 0.364. The van der Waals surface area contributed by atoms with Gasteiger partial charge in [0.1, 0.15) is 0 Å². The summed E-state index contributed by atoms with van der Waals surface area (Å²) in [7, 11) is 0. The molecule has 1 aromatic carbocycles. The van der Waals surface area contributed by atoms with E-state index in [0.29, 0.717) is 10.0 Å². The largest absolute Gasteiger partial charge is 0.348 e. The summed E-state index contributed by atoms with van der Waals surface area (Å²) in [5.74, 6) is -0.210. The van der Waals surface area contributed by atoms with Crippen LogP contribution in [0.1, 0.15) is 25.5 Å². The van der Waals surface area contributed by atoms with Gasteiger partial charge in [0.05, 0.1) is 12.1 Å². The van der Waals surface area contributed by atoms with Crippen molar-refractivity contribution >= 4 is 29.1 Å². The molecule has 3 N–H and O–H groups in total. The van der Waals surface area contributed by atoms with Crippen LogP contribution in [0.15, 0.2) is 18.2 Å². The van der Waals surface area contributed by atoms with Crippen molar-refractivity contribution in [3.05, 3.63) is 33.8 Å². The SMILES string of the molecule is CC(NC(=O)[C@H](C)N)c1ccc(Cl)cc1Cl. The van der Waals surface area contributed by atoms with Gasteiger partial charge in [0.15, 0.2) is 0 Å². The Bertz CT molecular complexity index is 394. The van der Waals surface area contributed by atoms with E-state index in [1.165, 1.54) is 0 Å². The van der Waals surface area contributed by atoms with Crippen molar-refractivity contribution in [2.45, 2.75) is 25.9 Å². The number of carbonyl (C=O) groups excluding carboxylic acids is 1. The minimum atomic E-state index is -0.534. The van der Waals surface area contributed by atoms with E-state index >= 15 is 0 Å². The Morgan fingerprint density at radius 1 is 1.38 bits per heavy atom. The molecular weight excluding hydrogens is 247 g/mol. The maximum Gasteiger partial charge on any atom is 0.237 e. The monoisotopic (exact) mass is 260 g/mol. The highest BCUT2D eigenvalue weighted by Gasteiger charge is 2.14. The zero-order valence-electron chi connectivity index (χ0n) is 9.13. The van der Waals surface area contributed by atoms with Gasteiger partial charge in [-0.3, -0.25) is 4.79 Å². The molecular formula is C11H14Cl2N2O. The second-order valence-corrected chi connectivity index (χ2v) is 4.53. The van der Waals surface area contributed by atoms with E-state index in [9.17, 15) is 4.79 Å². The molecule has 0 heterocycles. The first-order valence-corrected chi connectivity index (χ1v) is 5.68. The summed E-state index contributed by atoms with van der Waals surface area (Å²) in [5, 5.41) is 3.87. The van der Waals surface area contributed by atoms with Gasteiger partial charge in [-0.05, 0) is 31.5 Å². The first-order valence-electron chi connectivity index (χ1n) is 4.92. The van der Waals surface area contributed by atoms with Crippen molar-refractivity contribution in [2.24, 2.45) is 5.73 Å². The summed E-state index contributed by atoms with van der Waals surface area (Å²) in [6.07, 6.45) is 0. The van der Waals surface area contributed by atoms with E-state index in [1.807, 2.05) is 6.92 Å². The summed E-state index contributed by atoms with van der Waals surface area (Å²) in [6.45, 7) is 3.47. The number of nitrogens with one attached hydrogen (secondary N) is 1. The molecule has 3 nitrogen and oxygen atoms in total. The Hall–Kier alpha value is -0.770. The molecule has 1 unspecified atom stereocenters. The van der Waals surface area contributed by atoms with Gasteiger partial charge in [-0.15, -0.1) is 0 Å². The smallest absolute Gasteiger partial charge is 0.237 e. The predicted molar refractivity (Wildman–Crippen MR) is 66.7 cm³/mol. The molecule has 5 heteroatoms. The van der Waals surface area contributed by atoms with Gasteiger partial charge in [-0.2, -0.15) is 0 Å². The van der Waals surface area contributed by atoms with Crippen molar-refractivity contribution in [3.8, 4) is 0 Å². The van der Waals surface area contributed by atoms with Crippen molar-refractivity contribution in [2.75, 3.05) is 0 Å². The molecule has 0 aliphatic rings. The van der Waals surface area contributed by atoms with E-state index in [0.717, 1.165) is 5.56 Å². The third-order valence-electron chi connectivity index (χ3n) is 2.20. The maximum atomic E-state index is 11.4. The number of hydrogen-bond donors (Lipinski definition) is 2. The number of hydrogen-bond acceptors (Lipinski definition) is 2. The molecule has 0 radical (unpaired) electrons. The van der Waals surface area contributed by atoms with Gasteiger partial charge in [0.25, 0.3) is 0 Å². The molecule has 1 amide bonds. The molecule has 88 valence electrons. The molecule has 0 spiro atoms. The van der Waals surface area contributed by atoms with E-state index < -0.39 is 6.04 Å². The average Bonchev–Trinajstić information content (AvgIpc) is 2.16. The normalized spacial score (nSPS) is 14.3. The molecule has 0 aliphatic heterocycles. The zero-order valence-corrected chi connectivity index (χ0v) is 10.6. The molecule has 0 aliphatic carbocycles. The third-order valence-corrected chi connectivity index (χ3v) is 2.76. The van der Waals surface area contributed by atoms with Crippen LogP contribution in [0.2, 0.25) is 10.0 Å². The van der Waals surface area contributed by atoms with E-state index in [1.54, 1.807) is 25.1 Å². The van der Waals surface area contributed by atoms with E-state index in [-0.39, 0.29) is 11.9 Å². The number of amides is 1. The minimum Gasteiger partial charge on any atom is -0.348 e. The average molecular weight is 261 g/mol. The third kappa shape index (κ3) is 3.37. The van der Waals surface area contributed by atoms with Gasteiger partial charge < -0.3 is 11.1 Å². The van der Waals surface area contributed by atoms with Crippen molar-refractivity contribution in [1.82, 2.24) is 5.32 Å². The van der Waals surface area contributed by atoms with Crippen LogP contribution in [0, 0.1) is 0 Å². The van der Waals surface area contributed by atoms with Crippen LogP contribution in [0.25, 0.3) is 0 Å². The van der Waals surface area contributed by atoms with Gasteiger partial charge in [0.2, 0.25) is 5.91 Å². The first-order chi connectivity index (χ1) is 7.41. The topological polar surface area (TPSA) is 55.1 Å². The lowest BCUT2D eigenvalue weighted by Crippen LogP contribution is -2.39. The lowest BCUT2D eigenvalue weighted by Gasteiger charge is -2.17. The van der Waals surface area contributed by atoms with Gasteiger partial charge in [-0.25, -0.2) is 0 Å². The van der Waals surface area contributed by atoms with Crippen LogP contribution in [0.5, 0.6) is 0 Å². The van der Waals surface area contributed by atoms with Crippen molar-refractivity contribution in [3.63, 3.8) is 0 Å². The fourth-order valence-electron chi connectivity index (χ4n) is 1.28. The molecule has 0 saturated carbocycles. The van der Waals surface area contributed by atoms with Crippen LogP contribution < -0.4 is 11.1 Å². The van der Waals surface area contributed by atoms with Crippen LogP contribution >= 0.6 is 23.2 Å². The first kappa shape index (κ1) is 13.3. The second-order valence-electron chi connectivity index (χ2n) is 3.68. The Balaban J connectivity index is 2.80. The Morgan fingerprint density at radius 2 is 2.00 bits per heavy atom. The molecule has 0 aromatic heterocycles. The summed E-state index contributed by atoms with van der Waals surface area (Å²) in [6, 6.07) is 4.44. The summed E-state index contributed by atoms with van der Waals surface area (Å²) in [4.78, 5) is 11.4. The molecule has 2 atom stereocenters. The van der Waals surface area contributed by atoms with Gasteiger partial charge in [-0.1, -0.05) is 29.3 Å². The molecule has 0 bridgehead atoms. The Kier molecular flexibility index (Phi) is 4.59. The molecule has 1 aromatic rings. The number of nitrogens with two attached hydrogens (primary N) is 1. The minimum absolute atomic E-state index is 0.191. The highest BCUT2D eigenvalue weighted by atomic mass is 35.5. The maximum absolute atomic E-state index is 11.4. The molecule has 16 heavy (non-hydrogen) atoms. The quantitative estimate of drug-likeness (QED) is 0.878. The van der Waals surface area contributed by atoms with Crippen molar-refractivity contribution < 1.29 is 4.79 Å². The van der Waals surface area contributed by atoms with E-state index in [4.69, 9.17) is 28.9 Å². The number of carbonyl (C=O) groups is 1. The second kappa shape index (κ2) is 5.53. The summed E-state index contributed by atoms with van der Waals surface area (Å²) < 4.78 is 0. The van der Waals surface area contributed by atoms with Gasteiger partial charge in [0, 0.05) is 10.0 Å². The lowest BCUT2D eigenvalue weighted by atomic mass is 10.1. The lowest BCUT2D eigenvalue weighted by molar-refractivity contribution is -0.122. The number of halogens is 2. The van der Waals surface area contributed by atoms with E-state index in [2.05, 4.69) is 5.32 Å². The predicted octanol–water partition coefficient (Wildman–Crippen LogP) is 2.52. The van der Waals surface area contributed by atoms with Crippen LogP contribution in [-0.4, -0.2) is 11.9 Å². The molecule has 0 fully saturated rings. The summed E-state index contributed by atoms with van der Waals surface area (Å²) >= 11 is 11.8. The van der Waals surface area contributed by atoms with Crippen LogP contribution in [0.3, 0.4) is 0 Å². The molecule has 0 saturated heterocycles. The Morgan fingerprint density at radius 3 is 2.50 bits per heavy atom. The standard InChI is InChI=1S/C11H14Cl2N2O/c1-6(14)11(16)15-7(2)9-4-3-8(12)5-10(9)13/h3-7H,14H2,1-2H3,(H,15,16)/t6-,7?/m0/s1. The summed E-state index contributed by atoms with van der Waals surface area (Å²) in [5.41, 5.74) is 6.28. The van der Waals surface area contributed by atoms with Crippen molar-refractivity contribution in [1.29, 1.82) is 0 Å². The van der Waals surface area contributed by atoms with Crippen LogP contribution in [-0.2, 0) is 4.79 Å². The number of rotatable bonds is 3. The Labute approximate surface area is 105 Å². The fourth-order valence-corrected chi connectivity index (χ4v) is 1.85. The highest BCUT2D eigenvalue weighted by molar-refractivity contribution is 6.35. The molecule has 1 rings (SSSR count). The van der Waals surface area contributed by atoms with Gasteiger partial charge >= 0.3 is 0 Å². The highest BCUT2D eigenvalue weighted by Crippen LogP contribution is 2.25. The van der Waals surface area contributed by atoms with Crippen LogP contribution in [0.4, 0.5) is 0 Å². The zero-order chi connectivity index (χ0) is 12.3.